The van der Waals surface area contributed by atoms with Crippen molar-refractivity contribution in [1.82, 2.24) is 5.32 Å². The minimum Gasteiger partial charge on any atom is -0.309 e. The molecule has 0 atom stereocenters. The van der Waals surface area contributed by atoms with E-state index in [1.54, 1.807) is 15.3 Å². The first-order valence-electron chi connectivity index (χ1n) is 7.25. The average molecular weight is 249 g/mol. The molecule has 1 saturated carbocycles. The van der Waals surface area contributed by atoms with E-state index in [1.807, 2.05) is 0 Å². The van der Waals surface area contributed by atoms with E-state index in [2.05, 4.69) is 22.7 Å². The molecule has 0 unspecified atom stereocenters. The standard InChI is InChI=1S/C15H23NS/c1-2-6-12-10-14(17-15(12)9-3-1)11-16-13-7-4-5-8-13/h10,13,16H,1-9,11H2. The molecule has 2 aliphatic rings. The van der Waals surface area contributed by atoms with Crippen LogP contribution in [-0.2, 0) is 19.4 Å². The van der Waals surface area contributed by atoms with E-state index in [-0.39, 0.29) is 0 Å². The van der Waals surface area contributed by atoms with Gasteiger partial charge in [-0.3, -0.25) is 0 Å². The Hall–Kier alpha value is -0.340. The summed E-state index contributed by atoms with van der Waals surface area (Å²) in [7, 11) is 0. The smallest absolute Gasteiger partial charge is 0.0302 e. The third-order valence-corrected chi connectivity index (χ3v) is 5.45. The fourth-order valence-corrected chi connectivity index (χ4v) is 4.40. The molecule has 0 aromatic carbocycles. The van der Waals surface area contributed by atoms with E-state index >= 15 is 0 Å². The van der Waals surface area contributed by atoms with Gasteiger partial charge in [-0.15, -0.1) is 11.3 Å². The van der Waals surface area contributed by atoms with Gasteiger partial charge in [0, 0.05) is 22.3 Å². The molecule has 2 heteroatoms. The van der Waals surface area contributed by atoms with Crippen molar-refractivity contribution in [3.63, 3.8) is 0 Å². The van der Waals surface area contributed by atoms with E-state index < -0.39 is 0 Å². The lowest BCUT2D eigenvalue weighted by Crippen LogP contribution is -2.24. The molecule has 2 aliphatic carbocycles. The van der Waals surface area contributed by atoms with Crippen LogP contribution in [0.5, 0.6) is 0 Å². The van der Waals surface area contributed by atoms with Gasteiger partial charge in [-0.1, -0.05) is 19.3 Å². The highest BCUT2D eigenvalue weighted by Crippen LogP contribution is 2.29. The van der Waals surface area contributed by atoms with Crippen LogP contribution in [0.2, 0.25) is 0 Å². The lowest BCUT2D eigenvalue weighted by Gasteiger charge is -2.10. The summed E-state index contributed by atoms with van der Waals surface area (Å²) in [4.78, 5) is 3.26. The van der Waals surface area contributed by atoms with Crippen LogP contribution in [0.25, 0.3) is 0 Å². The Morgan fingerprint density at radius 2 is 1.88 bits per heavy atom. The fourth-order valence-electron chi connectivity index (χ4n) is 3.19. The van der Waals surface area contributed by atoms with Gasteiger partial charge < -0.3 is 5.32 Å². The predicted molar refractivity (Wildman–Crippen MR) is 74.7 cm³/mol. The van der Waals surface area contributed by atoms with Crippen molar-refractivity contribution in [3.05, 3.63) is 21.4 Å². The number of thiophene rings is 1. The molecule has 94 valence electrons. The third-order valence-electron chi connectivity index (χ3n) is 4.22. The predicted octanol–water partition coefficient (Wildman–Crippen LogP) is 4.05. The van der Waals surface area contributed by atoms with Crippen LogP contribution in [-0.4, -0.2) is 6.04 Å². The Kier molecular flexibility index (Phi) is 3.82. The van der Waals surface area contributed by atoms with Crippen LogP contribution < -0.4 is 5.32 Å². The van der Waals surface area contributed by atoms with E-state index in [4.69, 9.17) is 0 Å². The second-order valence-corrected chi connectivity index (χ2v) is 6.81. The second-order valence-electron chi connectivity index (χ2n) is 5.58. The zero-order chi connectivity index (χ0) is 11.5. The van der Waals surface area contributed by atoms with Crippen molar-refractivity contribution in [2.45, 2.75) is 70.4 Å². The maximum atomic E-state index is 3.73. The molecule has 1 N–H and O–H groups in total. The second kappa shape index (κ2) is 5.53. The molecule has 1 aromatic rings. The number of hydrogen-bond donors (Lipinski definition) is 1. The zero-order valence-electron chi connectivity index (χ0n) is 10.6. The van der Waals surface area contributed by atoms with Gasteiger partial charge in [0.15, 0.2) is 0 Å². The van der Waals surface area contributed by atoms with Crippen molar-refractivity contribution in [2.75, 3.05) is 0 Å². The summed E-state index contributed by atoms with van der Waals surface area (Å²) in [5.74, 6) is 0. The summed E-state index contributed by atoms with van der Waals surface area (Å²) >= 11 is 2.07. The summed E-state index contributed by atoms with van der Waals surface area (Å²) in [6.07, 6.45) is 12.5. The molecule has 1 aromatic heterocycles. The number of aryl methyl sites for hydroxylation is 2. The molecular weight excluding hydrogens is 226 g/mol. The Morgan fingerprint density at radius 1 is 1.06 bits per heavy atom. The fraction of sp³-hybridized carbons (Fsp3) is 0.733. The molecule has 0 bridgehead atoms. The van der Waals surface area contributed by atoms with E-state index in [0.717, 1.165) is 12.6 Å². The number of hydrogen-bond acceptors (Lipinski definition) is 2. The van der Waals surface area contributed by atoms with Gasteiger partial charge in [0.2, 0.25) is 0 Å². The molecule has 17 heavy (non-hydrogen) atoms. The molecule has 3 rings (SSSR count). The lowest BCUT2D eigenvalue weighted by atomic mass is 10.1. The SMILES string of the molecule is c1c(CNC2CCCC2)sc2c1CCCCC2. The van der Waals surface area contributed by atoms with Gasteiger partial charge in [-0.25, -0.2) is 0 Å². The molecule has 0 saturated heterocycles. The molecular formula is C15H23NS. The molecule has 1 fully saturated rings. The average Bonchev–Trinajstić information content (AvgIpc) is 2.93. The Labute approximate surface area is 109 Å². The number of rotatable bonds is 3. The Morgan fingerprint density at radius 3 is 2.76 bits per heavy atom. The maximum Gasteiger partial charge on any atom is 0.0302 e. The first-order chi connectivity index (χ1) is 8.42. The van der Waals surface area contributed by atoms with Gasteiger partial charge in [0.25, 0.3) is 0 Å². The zero-order valence-corrected chi connectivity index (χ0v) is 11.5. The topological polar surface area (TPSA) is 12.0 Å². The van der Waals surface area contributed by atoms with Crippen LogP contribution in [0.1, 0.15) is 60.3 Å². The van der Waals surface area contributed by atoms with Crippen molar-refractivity contribution in [2.24, 2.45) is 0 Å². The summed E-state index contributed by atoms with van der Waals surface area (Å²) in [5, 5.41) is 3.73. The summed E-state index contributed by atoms with van der Waals surface area (Å²) in [6, 6.07) is 3.28. The lowest BCUT2D eigenvalue weighted by molar-refractivity contribution is 0.527. The summed E-state index contributed by atoms with van der Waals surface area (Å²) in [6.45, 7) is 1.11. The highest BCUT2D eigenvalue weighted by Gasteiger charge is 2.16. The van der Waals surface area contributed by atoms with Crippen molar-refractivity contribution >= 4 is 11.3 Å². The summed E-state index contributed by atoms with van der Waals surface area (Å²) < 4.78 is 0. The summed E-state index contributed by atoms with van der Waals surface area (Å²) in [5.41, 5.74) is 1.66. The Bertz CT molecular complexity index is 339. The van der Waals surface area contributed by atoms with Gasteiger partial charge in [-0.05, 0) is 50.2 Å². The van der Waals surface area contributed by atoms with E-state index in [9.17, 15) is 0 Å². The minimum atomic E-state index is 0.803. The van der Waals surface area contributed by atoms with Crippen molar-refractivity contribution in [3.8, 4) is 0 Å². The molecule has 1 nitrogen and oxygen atoms in total. The maximum absolute atomic E-state index is 3.73. The van der Waals surface area contributed by atoms with Crippen molar-refractivity contribution in [1.29, 1.82) is 0 Å². The number of nitrogens with one attached hydrogen (secondary N) is 1. The third kappa shape index (κ3) is 2.92. The van der Waals surface area contributed by atoms with Crippen LogP contribution in [0, 0.1) is 0 Å². The van der Waals surface area contributed by atoms with Gasteiger partial charge in [0.05, 0.1) is 0 Å². The highest BCUT2D eigenvalue weighted by atomic mass is 32.1. The van der Waals surface area contributed by atoms with E-state index in [0.29, 0.717) is 0 Å². The first-order valence-corrected chi connectivity index (χ1v) is 8.07. The van der Waals surface area contributed by atoms with Gasteiger partial charge in [-0.2, -0.15) is 0 Å². The molecule has 0 amide bonds. The Balaban J connectivity index is 1.59. The van der Waals surface area contributed by atoms with E-state index in [1.165, 1.54) is 57.8 Å². The quantitative estimate of drug-likeness (QED) is 0.797. The minimum absolute atomic E-state index is 0.803. The normalized spacial score (nSPS) is 21.4. The molecule has 0 aliphatic heterocycles. The van der Waals surface area contributed by atoms with Gasteiger partial charge in [0.1, 0.15) is 0 Å². The number of fused-ring (bicyclic) bond motifs is 1. The van der Waals surface area contributed by atoms with Crippen LogP contribution >= 0.6 is 11.3 Å². The monoisotopic (exact) mass is 249 g/mol. The largest absolute Gasteiger partial charge is 0.309 e. The molecule has 0 spiro atoms. The van der Waals surface area contributed by atoms with Crippen molar-refractivity contribution < 1.29 is 0 Å². The molecule has 0 radical (unpaired) electrons. The van der Waals surface area contributed by atoms with Crippen LogP contribution in [0.15, 0.2) is 6.07 Å². The van der Waals surface area contributed by atoms with Crippen LogP contribution in [0.3, 0.4) is 0 Å². The molecule has 1 heterocycles. The first kappa shape index (κ1) is 11.7. The highest BCUT2D eigenvalue weighted by molar-refractivity contribution is 7.12. The van der Waals surface area contributed by atoms with Gasteiger partial charge >= 0.3 is 0 Å². The van der Waals surface area contributed by atoms with Crippen LogP contribution in [0.4, 0.5) is 0 Å².